The third-order valence-electron chi connectivity index (χ3n) is 4.26. The summed E-state index contributed by atoms with van der Waals surface area (Å²) in [5.74, 6) is -0.154. The van der Waals surface area contributed by atoms with E-state index in [2.05, 4.69) is 5.32 Å². The highest BCUT2D eigenvalue weighted by atomic mass is 16.5. The van der Waals surface area contributed by atoms with Gasteiger partial charge in [0.1, 0.15) is 5.75 Å². The van der Waals surface area contributed by atoms with E-state index in [-0.39, 0.29) is 18.1 Å². The number of nitrogens with one attached hydrogen (secondary N) is 1. The standard InChI is InChI=1S/C22H27NO7/c1-13(2)30-16-8-6-14(7-9-16)17(12-20(24)25)23-22(26)15-10-18(27-3)21(29-5)19(11-15)28-4/h6-11,13,17H,12H2,1-5H3,(H,23,26)(H,24,25)/p-1/t17-/m0/s1. The third-order valence-corrected chi connectivity index (χ3v) is 4.26. The molecule has 0 unspecified atom stereocenters. The molecule has 0 saturated carbocycles. The van der Waals surface area contributed by atoms with Gasteiger partial charge >= 0.3 is 0 Å². The van der Waals surface area contributed by atoms with Crippen molar-refractivity contribution in [3.8, 4) is 23.0 Å². The first-order chi connectivity index (χ1) is 14.3. The second-order valence-corrected chi connectivity index (χ2v) is 6.75. The number of carbonyl (C=O) groups is 2. The van der Waals surface area contributed by atoms with E-state index in [1.54, 1.807) is 24.3 Å². The summed E-state index contributed by atoms with van der Waals surface area (Å²) in [5.41, 5.74) is 0.837. The maximum atomic E-state index is 12.9. The van der Waals surface area contributed by atoms with E-state index in [1.807, 2.05) is 13.8 Å². The van der Waals surface area contributed by atoms with Crippen LogP contribution in [0.4, 0.5) is 0 Å². The molecule has 0 radical (unpaired) electrons. The van der Waals surface area contributed by atoms with Crippen molar-refractivity contribution in [2.75, 3.05) is 21.3 Å². The molecule has 0 fully saturated rings. The Labute approximate surface area is 175 Å². The maximum absolute atomic E-state index is 12.9. The second-order valence-electron chi connectivity index (χ2n) is 6.75. The minimum Gasteiger partial charge on any atom is -0.550 e. The molecule has 2 rings (SSSR count). The molecule has 0 saturated heterocycles. The lowest BCUT2D eigenvalue weighted by molar-refractivity contribution is -0.306. The van der Waals surface area contributed by atoms with Gasteiger partial charge < -0.3 is 34.2 Å². The first kappa shape index (κ1) is 22.9. The molecule has 0 bridgehead atoms. The number of amides is 1. The van der Waals surface area contributed by atoms with E-state index in [9.17, 15) is 14.7 Å². The summed E-state index contributed by atoms with van der Waals surface area (Å²) in [5, 5.41) is 14.0. The lowest BCUT2D eigenvalue weighted by Crippen LogP contribution is -2.34. The minimum absolute atomic E-state index is 0.00889. The number of benzene rings is 2. The van der Waals surface area contributed by atoms with Gasteiger partial charge in [0.25, 0.3) is 5.91 Å². The van der Waals surface area contributed by atoms with Crippen LogP contribution in [0.25, 0.3) is 0 Å². The van der Waals surface area contributed by atoms with Crippen molar-refractivity contribution in [1.82, 2.24) is 5.32 Å². The molecule has 1 atom stereocenters. The van der Waals surface area contributed by atoms with Crippen LogP contribution in [0.3, 0.4) is 0 Å². The molecular weight excluding hydrogens is 390 g/mol. The first-order valence-electron chi connectivity index (χ1n) is 9.36. The molecule has 0 heterocycles. The molecule has 0 aliphatic carbocycles. The third kappa shape index (κ3) is 5.79. The van der Waals surface area contributed by atoms with Crippen molar-refractivity contribution in [1.29, 1.82) is 0 Å². The van der Waals surface area contributed by atoms with Gasteiger partial charge in [0.2, 0.25) is 5.75 Å². The van der Waals surface area contributed by atoms with Crippen LogP contribution in [0.2, 0.25) is 0 Å². The Hall–Kier alpha value is -3.42. The monoisotopic (exact) mass is 416 g/mol. The molecule has 0 aliphatic heterocycles. The molecule has 2 aromatic rings. The first-order valence-corrected chi connectivity index (χ1v) is 9.36. The SMILES string of the molecule is COc1cc(C(=O)N[C@@H](CC(=O)[O-])c2ccc(OC(C)C)cc2)cc(OC)c1OC. The highest BCUT2D eigenvalue weighted by Gasteiger charge is 2.20. The summed E-state index contributed by atoms with van der Waals surface area (Å²) >= 11 is 0. The zero-order valence-corrected chi connectivity index (χ0v) is 17.7. The van der Waals surface area contributed by atoms with Gasteiger partial charge in [-0.25, -0.2) is 0 Å². The molecule has 2 aromatic carbocycles. The predicted molar refractivity (Wildman–Crippen MR) is 108 cm³/mol. The number of ether oxygens (including phenoxy) is 4. The number of carboxylic acids is 1. The van der Waals surface area contributed by atoms with Crippen LogP contribution in [0, 0.1) is 0 Å². The fourth-order valence-electron chi connectivity index (χ4n) is 2.92. The van der Waals surface area contributed by atoms with Crippen LogP contribution in [0.5, 0.6) is 23.0 Å². The van der Waals surface area contributed by atoms with Gasteiger partial charge in [-0.3, -0.25) is 4.79 Å². The van der Waals surface area contributed by atoms with E-state index in [0.29, 0.717) is 28.6 Å². The van der Waals surface area contributed by atoms with Gasteiger partial charge in [-0.2, -0.15) is 0 Å². The average Bonchev–Trinajstić information content (AvgIpc) is 2.71. The minimum atomic E-state index is -1.28. The van der Waals surface area contributed by atoms with Gasteiger partial charge in [0, 0.05) is 18.0 Å². The summed E-state index contributed by atoms with van der Waals surface area (Å²) < 4.78 is 21.4. The Morgan fingerprint density at radius 3 is 1.97 bits per heavy atom. The van der Waals surface area contributed by atoms with Crippen molar-refractivity contribution < 1.29 is 33.6 Å². The van der Waals surface area contributed by atoms with Crippen molar-refractivity contribution in [3.05, 3.63) is 47.5 Å². The highest BCUT2D eigenvalue weighted by molar-refractivity contribution is 5.96. The van der Waals surface area contributed by atoms with Crippen molar-refractivity contribution in [3.63, 3.8) is 0 Å². The van der Waals surface area contributed by atoms with Gasteiger partial charge in [-0.1, -0.05) is 12.1 Å². The van der Waals surface area contributed by atoms with Crippen LogP contribution in [0.15, 0.2) is 36.4 Å². The molecule has 162 valence electrons. The Balaban J connectivity index is 2.30. The molecule has 0 aromatic heterocycles. The number of hydrogen-bond donors (Lipinski definition) is 1. The number of carboxylic acid groups (broad SMARTS) is 1. The number of hydrogen-bond acceptors (Lipinski definition) is 7. The zero-order chi connectivity index (χ0) is 22.3. The lowest BCUT2D eigenvalue weighted by Gasteiger charge is -2.21. The largest absolute Gasteiger partial charge is 0.550 e. The molecule has 0 spiro atoms. The van der Waals surface area contributed by atoms with Crippen LogP contribution >= 0.6 is 0 Å². The van der Waals surface area contributed by atoms with E-state index in [1.165, 1.54) is 33.5 Å². The Kier molecular flexibility index (Phi) is 7.91. The maximum Gasteiger partial charge on any atom is 0.252 e. The summed E-state index contributed by atoms with van der Waals surface area (Å²) in [7, 11) is 4.35. The van der Waals surface area contributed by atoms with E-state index >= 15 is 0 Å². The molecule has 30 heavy (non-hydrogen) atoms. The molecule has 1 N–H and O–H groups in total. The predicted octanol–water partition coefficient (Wildman–Crippen LogP) is 2.11. The van der Waals surface area contributed by atoms with Crippen molar-refractivity contribution in [2.24, 2.45) is 0 Å². The topological polar surface area (TPSA) is 106 Å². The quantitative estimate of drug-likeness (QED) is 0.632. The number of aliphatic carboxylic acids is 1. The Bertz CT molecular complexity index is 853. The summed E-state index contributed by atoms with van der Waals surface area (Å²) in [4.78, 5) is 24.1. The number of rotatable bonds is 10. The van der Waals surface area contributed by atoms with Gasteiger partial charge in [-0.15, -0.1) is 0 Å². The fraction of sp³-hybridized carbons (Fsp3) is 0.364. The summed E-state index contributed by atoms with van der Waals surface area (Å²) in [6.07, 6.45) is -0.379. The lowest BCUT2D eigenvalue weighted by atomic mass is 10.0. The molecule has 0 aliphatic rings. The number of methoxy groups -OCH3 is 3. The molecule has 8 nitrogen and oxygen atoms in total. The van der Waals surface area contributed by atoms with E-state index in [0.717, 1.165) is 0 Å². The Morgan fingerprint density at radius 1 is 0.967 bits per heavy atom. The van der Waals surface area contributed by atoms with Crippen LogP contribution in [0.1, 0.15) is 42.2 Å². The molecule has 1 amide bonds. The second kappa shape index (κ2) is 10.4. The average molecular weight is 416 g/mol. The van der Waals surface area contributed by atoms with Crippen molar-refractivity contribution in [2.45, 2.75) is 32.4 Å². The zero-order valence-electron chi connectivity index (χ0n) is 17.7. The van der Waals surface area contributed by atoms with Gasteiger partial charge in [0.05, 0.1) is 33.5 Å². The van der Waals surface area contributed by atoms with E-state index < -0.39 is 17.9 Å². The van der Waals surface area contributed by atoms with Gasteiger partial charge in [0.15, 0.2) is 11.5 Å². The van der Waals surface area contributed by atoms with Crippen LogP contribution < -0.4 is 29.4 Å². The fourth-order valence-corrected chi connectivity index (χ4v) is 2.92. The summed E-state index contributed by atoms with van der Waals surface area (Å²) in [6, 6.07) is 9.06. The number of carbonyl (C=O) groups excluding carboxylic acids is 2. The normalized spacial score (nSPS) is 11.5. The van der Waals surface area contributed by atoms with E-state index in [4.69, 9.17) is 18.9 Å². The van der Waals surface area contributed by atoms with Gasteiger partial charge in [-0.05, 0) is 43.7 Å². The Morgan fingerprint density at radius 2 is 1.53 bits per heavy atom. The smallest absolute Gasteiger partial charge is 0.252 e. The molecular formula is C22H26NO7-. The summed E-state index contributed by atoms with van der Waals surface area (Å²) in [6.45, 7) is 3.81. The van der Waals surface area contributed by atoms with Crippen LogP contribution in [-0.4, -0.2) is 39.3 Å². The van der Waals surface area contributed by atoms with Crippen molar-refractivity contribution >= 4 is 11.9 Å². The molecule has 8 heteroatoms. The highest BCUT2D eigenvalue weighted by Crippen LogP contribution is 2.38. The van der Waals surface area contributed by atoms with Crippen LogP contribution in [-0.2, 0) is 4.79 Å².